The number of halogens is 5. The number of aryl methyl sites for hydroxylation is 3. The molecule has 1 aromatic heterocycles. The highest BCUT2D eigenvalue weighted by Gasteiger charge is 2.50. The molecule has 0 amide bonds. The van der Waals surface area contributed by atoms with Crippen LogP contribution >= 0.6 is 23.2 Å². The molecule has 0 radical (unpaired) electrons. The molecule has 1 aliphatic rings. The number of anilines is 1. The average molecular weight is 557 g/mol. The Labute approximate surface area is 215 Å². The maximum absolute atomic E-state index is 13.6. The van der Waals surface area contributed by atoms with Crippen molar-refractivity contribution in [1.82, 2.24) is 15.1 Å². The Hall–Kier alpha value is -1.33. The minimum Gasteiger partial charge on any atom is -0.317 e. The van der Waals surface area contributed by atoms with Crippen LogP contribution in [-0.2, 0) is 28.1 Å². The average Bonchev–Trinajstić information content (AvgIpc) is 3.00. The number of hydrogen-bond acceptors (Lipinski definition) is 3. The van der Waals surface area contributed by atoms with Gasteiger partial charge in [-0.15, -0.1) is 4.31 Å². The molecule has 1 aromatic carbocycles. The van der Waals surface area contributed by atoms with E-state index in [1.165, 1.54) is 43.5 Å². The van der Waals surface area contributed by atoms with Crippen LogP contribution in [0.4, 0.5) is 18.9 Å². The third kappa shape index (κ3) is 6.91. The van der Waals surface area contributed by atoms with E-state index in [1.54, 1.807) is 7.05 Å². The minimum absolute atomic E-state index is 0.0774. The highest BCUT2D eigenvalue weighted by atomic mass is 35.5. The summed E-state index contributed by atoms with van der Waals surface area (Å²) in [5, 5.41) is 7.19. The second-order valence-corrected chi connectivity index (χ2v) is 11.8. The van der Waals surface area contributed by atoms with Gasteiger partial charge in [0.15, 0.2) is 6.54 Å². The van der Waals surface area contributed by atoms with Crippen LogP contribution < -0.4 is 9.62 Å². The molecule has 1 fully saturated rings. The zero-order chi connectivity index (χ0) is 26.0. The number of benzene rings is 1. The molecule has 35 heavy (non-hydrogen) atoms. The molecule has 6 nitrogen and oxygen atoms in total. The van der Waals surface area contributed by atoms with Crippen molar-refractivity contribution in [3.63, 3.8) is 0 Å². The maximum atomic E-state index is 13.6. The van der Waals surface area contributed by atoms with Gasteiger partial charge in [-0.1, -0.05) is 36.0 Å². The van der Waals surface area contributed by atoms with Gasteiger partial charge in [-0.2, -0.15) is 22.8 Å². The Morgan fingerprint density at radius 2 is 1.80 bits per heavy atom. The summed E-state index contributed by atoms with van der Waals surface area (Å²) in [7, 11) is -2.94. The second kappa shape index (κ2) is 11.4. The molecule has 1 atom stereocenters. The Kier molecular flexibility index (Phi) is 9.18. The summed E-state index contributed by atoms with van der Waals surface area (Å²) < 4.78 is 67.0. The highest BCUT2D eigenvalue weighted by Crippen LogP contribution is 2.41. The Morgan fingerprint density at radius 1 is 1.20 bits per heavy atom. The first kappa shape index (κ1) is 28.2. The van der Waals surface area contributed by atoms with E-state index < -0.39 is 28.0 Å². The molecule has 0 saturated carbocycles. The third-order valence-electron chi connectivity index (χ3n) is 6.45. The fourth-order valence-electron chi connectivity index (χ4n) is 4.63. The molecule has 0 aliphatic carbocycles. The van der Waals surface area contributed by atoms with Gasteiger partial charge in [-0.3, -0.25) is 4.68 Å². The van der Waals surface area contributed by atoms with Gasteiger partial charge in [0.25, 0.3) is 4.90 Å². The number of rotatable bonds is 9. The van der Waals surface area contributed by atoms with E-state index in [0.29, 0.717) is 16.4 Å². The molecular formula is C23H32Cl2F3N4O2S+. The van der Waals surface area contributed by atoms with Crippen molar-refractivity contribution in [2.45, 2.75) is 63.4 Å². The fraction of sp³-hybridized carbons (Fsp3) is 0.609. The van der Waals surface area contributed by atoms with Crippen molar-refractivity contribution in [2.75, 3.05) is 23.9 Å². The second-order valence-electron chi connectivity index (χ2n) is 9.12. The SMILES string of the molecule is Cc1nn(C)c(C)c1N(CC(F)(F)F)[S+](=O)(O)c1c(Cl)cc(CCCCC2CCNCC2)cc1Cl. The van der Waals surface area contributed by atoms with Crippen LogP contribution in [0.1, 0.15) is 49.1 Å². The molecule has 12 heteroatoms. The molecule has 0 bridgehead atoms. The molecule has 3 rings (SSSR count). The molecule has 1 aliphatic heterocycles. The van der Waals surface area contributed by atoms with Crippen LogP contribution in [0, 0.1) is 19.8 Å². The van der Waals surface area contributed by atoms with E-state index >= 15 is 0 Å². The summed E-state index contributed by atoms with van der Waals surface area (Å²) in [5.41, 5.74) is 1.20. The highest BCUT2D eigenvalue weighted by molar-refractivity contribution is 7.99. The first-order chi connectivity index (χ1) is 16.3. The molecule has 1 unspecified atom stereocenters. The van der Waals surface area contributed by atoms with Crippen LogP contribution in [0.3, 0.4) is 0 Å². The summed E-state index contributed by atoms with van der Waals surface area (Å²) in [4.78, 5) is -0.425. The fourth-order valence-corrected chi connectivity index (χ4v) is 7.44. The van der Waals surface area contributed by atoms with Gasteiger partial charge in [-0.25, -0.2) is 0 Å². The molecule has 1 saturated heterocycles. The van der Waals surface area contributed by atoms with Gasteiger partial charge in [0.05, 0.1) is 11.4 Å². The lowest BCUT2D eigenvalue weighted by atomic mass is 9.92. The van der Waals surface area contributed by atoms with E-state index in [0.717, 1.165) is 43.8 Å². The van der Waals surface area contributed by atoms with Crippen LogP contribution in [0.2, 0.25) is 10.0 Å². The number of alkyl halides is 3. The summed E-state index contributed by atoms with van der Waals surface area (Å²) in [6.45, 7) is 3.46. The number of hydrogen-bond donors (Lipinski definition) is 2. The molecule has 2 N–H and O–H groups in total. The summed E-state index contributed by atoms with van der Waals surface area (Å²) in [5.74, 6) is 0.726. The quantitative estimate of drug-likeness (QED) is 0.278. The lowest BCUT2D eigenvalue weighted by Gasteiger charge is -2.24. The van der Waals surface area contributed by atoms with Gasteiger partial charge in [-0.05, 0) is 80.4 Å². The van der Waals surface area contributed by atoms with Crippen molar-refractivity contribution in [2.24, 2.45) is 13.0 Å². The summed E-state index contributed by atoms with van der Waals surface area (Å²) >= 11 is 12.8. The number of piperidine rings is 1. The molecule has 196 valence electrons. The summed E-state index contributed by atoms with van der Waals surface area (Å²) in [6.07, 6.45) is 1.36. The number of nitrogens with zero attached hydrogens (tertiary/aromatic N) is 3. The maximum Gasteiger partial charge on any atom is 0.410 e. The largest absolute Gasteiger partial charge is 0.410 e. The van der Waals surface area contributed by atoms with E-state index in [-0.39, 0.29) is 21.4 Å². The van der Waals surface area contributed by atoms with E-state index in [9.17, 15) is 21.9 Å². The zero-order valence-electron chi connectivity index (χ0n) is 20.1. The van der Waals surface area contributed by atoms with Gasteiger partial charge in [0.1, 0.15) is 15.7 Å². The van der Waals surface area contributed by atoms with Crippen LogP contribution in [0.15, 0.2) is 17.0 Å². The molecular weight excluding hydrogens is 524 g/mol. The monoisotopic (exact) mass is 555 g/mol. The van der Waals surface area contributed by atoms with Crippen molar-refractivity contribution >= 4 is 39.3 Å². The zero-order valence-corrected chi connectivity index (χ0v) is 22.4. The predicted octanol–water partition coefficient (Wildman–Crippen LogP) is 6.37. The lowest BCUT2D eigenvalue weighted by Crippen LogP contribution is -2.43. The van der Waals surface area contributed by atoms with Crippen molar-refractivity contribution in [3.05, 3.63) is 39.1 Å². The van der Waals surface area contributed by atoms with Crippen molar-refractivity contribution in [3.8, 4) is 0 Å². The first-order valence-corrected chi connectivity index (χ1v) is 13.8. The van der Waals surface area contributed by atoms with Crippen molar-refractivity contribution < 1.29 is 21.9 Å². The first-order valence-electron chi connectivity index (χ1n) is 11.6. The van der Waals surface area contributed by atoms with E-state index in [4.69, 9.17) is 23.2 Å². The van der Waals surface area contributed by atoms with Gasteiger partial charge in [0.2, 0.25) is 0 Å². The third-order valence-corrected chi connectivity index (χ3v) is 9.15. The van der Waals surface area contributed by atoms with Crippen molar-refractivity contribution in [1.29, 1.82) is 0 Å². The molecule has 0 spiro atoms. The number of unbranched alkanes of at least 4 members (excludes halogenated alkanes) is 1. The lowest BCUT2D eigenvalue weighted by molar-refractivity contribution is -0.117. The topological polar surface area (TPSA) is 70.4 Å². The normalized spacial score (nSPS) is 16.9. The number of nitrogens with one attached hydrogen (secondary N) is 1. The van der Waals surface area contributed by atoms with Crippen LogP contribution in [0.25, 0.3) is 0 Å². The minimum atomic E-state index is -4.76. The van der Waals surface area contributed by atoms with Crippen LogP contribution in [-0.4, -0.2) is 40.1 Å². The Bertz CT molecular complexity index is 1060. The predicted molar refractivity (Wildman–Crippen MR) is 135 cm³/mol. The molecule has 2 aromatic rings. The van der Waals surface area contributed by atoms with Crippen LogP contribution in [0.5, 0.6) is 0 Å². The Balaban J connectivity index is 1.84. The smallest absolute Gasteiger partial charge is 0.317 e. The molecule has 2 heterocycles. The number of aromatic nitrogens is 2. The van der Waals surface area contributed by atoms with Gasteiger partial charge < -0.3 is 5.32 Å². The van der Waals surface area contributed by atoms with Gasteiger partial charge >= 0.3 is 16.6 Å². The van der Waals surface area contributed by atoms with Gasteiger partial charge in [0, 0.05) is 7.05 Å². The summed E-state index contributed by atoms with van der Waals surface area (Å²) in [6, 6.07) is 3.05. The van der Waals surface area contributed by atoms with E-state index in [2.05, 4.69) is 10.4 Å². The Morgan fingerprint density at radius 3 is 2.31 bits per heavy atom. The van der Waals surface area contributed by atoms with E-state index in [1.807, 2.05) is 0 Å². The standard InChI is InChI=1S/C23H31Cl2F3N4O2S/c1-15-21(16(2)31(3)30-15)32(14-23(26,27)28)35(33,34)22-19(24)12-18(13-20(22)25)7-5-4-6-17-8-10-29-11-9-17/h12-13,17,29H,4-11,14H2,1-3H3/p+1.